The first kappa shape index (κ1) is 10.3. The smallest absolute Gasteiger partial charge is 0.163 e. The molecule has 0 radical (unpaired) electrons. The molecule has 1 aliphatic rings. The molecule has 0 aliphatic carbocycles. The van der Waals surface area contributed by atoms with Gasteiger partial charge in [-0.3, -0.25) is 0 Å². The number of hydrogen-bond acceptors (Lipinski definition) is 3. The maximum Gasteiger partial charge on any atom is 0.163 e. The fourth-order valence-corrected chi connectivity index (χ4v) is 2.15. The van der Waals surface area contributed by atoms with Crippen LogP contribution in [0.5, 0.6) is 11.5 Å². The lowest BCUT2D eigenvalue weighted by molar-refractivity contribution is 0.0192. The quantitative estimate of drug-likeness (QED) is 0.812. The van der Waals surface area contributed by atoms with Crippen LogP contribution in [0.1, 0.15) is 43.6 Å². The number of ether oxygens (including phenoxy) is 2. The van der Waals surface area contributed by atoms with Crippen LogP contribution >= 0.6 is 0 Å². The second kappa shape index (κ2) is 3.74. The minimum atomic E-state index is -0.00917. The van der Waals surface area contributed by atoms with Gasteiger partial charge in [0, 0.05) is 5.56 Å². The van der Waals surface area contributed by atoms with Gasteiger partial charge in [0.1, 0.15) is 0 Å². The van der Waals surface area contributed by atoms with Gasteiger partial charge in [0.25, 0.3) is 0 Å². The van der Waals surface area contributed by atoms with Gasteiger partial charge in [-0.2, -0.15) is 0 Å². The van der Waals surface area contributed by atoms with E-state index in [1.807, 2.05) is 19.9 Å². The highest BCUT2D eigenvalue weighted by molar-refractivity contribution is 5.53. The van der Waals surface area contributed by atoms with E-state index in [0.717, 1.165) is 17.5 Å². The fourth-order valence-electron chi connectivity index (χ4n) is 2.15. The molecule has 0 amide bonds. The Morgan fingerprint density at radius 1 is 1.47 bits per heavy atom. The van der Waals surface area contributed by atoms with Crippen LogP contribution in [-0.2, 0) is 4.74 Å². The molecule has 0 bridgehead atoms. The maximum absolute atomic E-state index is 10.0. The van der Waals surface area contributed by atoms with E-state index in [0.29, 0.717) is 5.75 Å². The van der Waals surface area contributed by atoms with Crippen molar-refractivity contribution in [2.75, 3.05) is 7.11 Å². The molecule has 1 aromatic carbocycles. The van der Waals surface area contributed by atoms with Gasteiger partial charge in [-0.05, 0) is 25.0 Å². The van der Waals surface area contributed by atoms with Crippen molar-refractivity contribution >= 4 is 0 Å². The maximum atomic E-state index is 10.0. The molecular weight excluding hydrogens is 192 g/mol. The molecule has 1 N–H and O–H groups in total. The van der Waals surface area contributed by atoms with Gasteiger partial charge in [0.15, 0.2) is 11.5 Å². The summed E-state index contributed by atoms with van der Waals surface area (Å²) >= 11 is 0. The summed E-state index contributed by atoms with van der Waals surface area (Å²) in [4.78, 5) is 0. The highest BCUT2D eigenvalue weighted by Crippen LogP contribution is 2.48. The van der Waals surface area contributed by atoms with E-state index in [1.54, 1.807) is 13.2 Å². The molecule has 82 valence electrons. The third kappa shape index (κ3) is 1.47. The third-order valence-corrected chi connectivity index (χ3v) is 2.93. The molecule has 3 heteroatoms. The number of phenols is 1. The Morgan fingerprint density at radius 2 is 2.20 bits per heavy atom. The van der Waals surface area contributed by atoms with Crippen molar-refractivity contribution in [3.05, 3.63) is 23.3 Å². The Morgan fingerprint density at radius 3 is 2.80 bits per heavy atom. The molecule has 1 heterocycles. The van der Waals surface area contributed by atoms with Crippen molar-refractivity contribution in [3.8, 4) is 11.5 Å². The molecule has 2 rings (SSSR count). The zero-order valence-electron chi connectivity index (χ0n) is 9.28. The summed E-state index contributed by atoms with van der Waals surface area (Å²) in [6.45, 7) is 4.05. The summed E-state index contributed by atoms with van der Waals surface area (Å²) in [5.74, 6) is 0.746. The van der Waals surface area contributed by atoms with Crippen LogP contribution in [0, 0.1) is 0 Å². The van der Waals surface area contributed by atoms with Crippen LogP contribution < -0.4 is 4.74 Å². The van der Waals surface area contributed by atoms with Gasteiger partial charge in [-0.15, -0.1) is 0 Å². The van der Waals surface area contributed by atoms with Crippen LogP contribution in [0.25, 0.3) is 0 Å². The Kier molecular flexibility index (Phi) is 2.57. The van der Waals surface area contributed by atoms with Gasteiger partial charge in [0.05, 0.1) is 19.3 Å². The first-order valence-electron chi connectivity index (χ1n) is 5.24. The number of aromatic hydroxyl groups is 1. The lowest BCUT2D eigenvalue weighted by atomic mass is 9.99. The SMILES string of the molecule is CCC1OC(C)c2ccc(OC)c(O)c21. The van der Waals surface area contributed by atoms with E-state index in [1.165, 1.54) is 0 Å². The van der Waals surface area contributed by atoms with Crippen LogP contribution in [0.2, 0.25) is 0 Å². The number of hydrogen-bond donors (Lipinski definition) is 1. The Labute approximate surface area is 89.6 Å². The molecule has 0 aromatic heterocycles. The molecule has 0 saturated heterocycles. The second-order valence-corrected chi connectivity index (χ2v) is 3.79. The van der Waals surface area contributed by atoms with Crippen molar-refractivity contribution in [1.82, 2.24) is 0 Å². The standard InChI is InChI=1S/C12H16O3/c1-4-9-11-8(7(2)15-9)5-6-10(14-3)12(11)13/h5-7,9,13H,4H2,1-3H3. The molecule has 2 unspecified atom stereocenters. The van der Waals surface area contributed by atoms with Crippen molar-refractivity contribution in [2.24, 2.45) is 0 Å². The van der Waals surface area contributed by atoms with Gasteiger partial charge >= 0.3 is 0 Å². The first-order valence-corrected chi connectivity index (χ1v) is 5.24. The topological polar surface area (TPSA) is 38.7 Å². The third-order valence-electron chi connectivity index (χ3n) is 2.93. The predicted molar refractivity (Wildman–Crippen MR) is 57.2 cm³/mol. The molecule has 15 heavy (non-hydrogen) atoms. The van der Waals surface area contributed by atoms with E-state index in [2.05, 4.69) is 0 Å². The van der Waals surface area contributed by atoms with Gasteiger partial charge in [-0.1, -0.05) is 13.0 Å². The van der Waals surface area contributed by atoms with E-state index in [4.69, 9.17) is 9.47 Å². The van der Waals surface area contributed by atoms with Crippen molar-refractivity contribution in [2.45, 2.75) is 32.5 Å². The van der Waals surface area contributed by atoms with Gasteiger partial charge < -0.3 is 14.6 Å². The van der Waals surface area contributed by atoms with Crippen LogP contribution in [0.3, 0.4) is 0 Å². The van der Waals surface area contributed by atoms with Crippen LogP contribution in [0.15, 0.2) is 12.1 Å². The Bertz CT molecular complexity index is 373. The molecule has 0 fully saturated rings. The van der Waals surface area contributed by atoms with E-state index in [-0.39, 0.29) is 18.0 Å². The molecular formula is C12H16O3. The molecule has 1 aromatic rings. The Balaban J connectivity index is 2.55. The van der Waals surface area contributed by atoms with Gasteiger partial charge in [0.2, 0.25) is 0 Å². The van der Waals surface area contributed by atoms with E-state index in [9.17, 15) is 5.11 Å². The largest absolute Gasteiger partial charge is 0.504 e. The summed E-state index contributed by atoms with van der Waals surface area (Å²) in [5, 5.41) is 10.0. The number of rotatable bonds is 2. The summed E-state index contributed by atoms with van der Waals surface area (Å²) in [5.41, 5.74) is 1.96. The van der Waals surface area contributed by atoms with Crippen LogP contribution in [-0.4, -0.2) is 12.2 Å². The normalized spacial score (nSPS) is 23.9. The van der Waals surface area contributed by atoms with Crippen molar-refractivity contribution in [1.29, 1.82) is 0 Å². The van der Waals surface area contributed by atoms with E-state index < -0.39 is 0 Å². The molecule has 1 aliphatic heterocycles. The number of fused-ring (bicyclic) bond motifs is 1. The molecule has 0 spiro atoms. The van der Waals surface area contributed by atoms with E-state index >= 15 is 0 Å². The van der Waals surface area contributed by atoms with Crippen molar-refractivity contribution < 1.29 is 14.6 Å². The summed E-state index contributed by atoms with van der Waals surface area (Å²) in [6.07, 6.45) is 0.907. The highest BCUT2D eigenvalue weighted by Gasteiger charge is 2.31. The first-order chi connectivity index (χ1) is 7.19. The molecule has 3 nitrogen and oxygen atoms in total. The lowest BCUT2D eigenvalue weighted by Gasteiger charge is -2.11. The average molecular weight is 208 g/mol. The zero-order chi connectivity index (χ0) is 11.0. The summed E-state index contributed by atoms with van der Waals surface area (Å²) in [6, 6.07) is 3.75. The fraction of sp³-hybridized carbons (Fsp3) is 0.500. The number of benzene rings is 1. The molecule has 2 atom stereocenters. The van der Waals surface area contributed by atoms with Crippen LogP contribution in [0.4, 0.5) is 0 Å². The number of phenolic OH excluding ortho intramolecular Hbond substituents is 1. The minimum absolute atomic E-state index is 0.00917. The monoisotopic (exact) mass is 208 g/mol. The Hall–Kier alpha value is -1.22. The summed E-state index contributed by atoms with van der Waals surface area (Å²) < 4.78 is 10.8. The summed E-state index contributed by atoms with van der Waals surface area (Å²) in [7, 11) is 1.56. The second-order valence-electron chi connectivity index (χ2n) is 3.79. The zero-order valence-corrected chi connectivity index (χ0v) is 9.28. The van der Waals surface area contributed by atoms with Crippen molar-refractivity contribution in [3.63, 3.8) is 0 Å². The highest BCUT2D eigenvalue weighted by atomic mass is 16.5. The lowest BCUT2D eigenvalue weighted by Crippen LogP contribution is -1.95. The number of methoxy groups -OCH3 is 1. The minimum Gasteiger partial charge on any atom is -0.504 e. The average Bonchev–Trinajstić information content (AvgIpc) is 2.57. The molecule has 0 saturated carbocycles. The predicted octanol–water partition coefficient (Wildman–Crippen LogP) is 2.94. The van der Waals surface area contributed by atoms with Gasteiger partial charge in [-0.25, -0.2) is 0 Å².